The lowest BCUT2D eigenvalue weighted by molar-refractivity contribution is -0.386. The monoisotopic (exact) mass is 297 g/mol. The van der Waals surface area contributed by atoms with Gasteiger partial charge in [0, 0.05) is 12.6 Å². The third-order valence-electron chi connectivity index (χ3n) is 3.66. The first-order valence-corrected chi connectivity index (χ1v) is 7.12. The summed E-state index contributed by atoms with van der Waals surface area (Å²) in [6, 6.07) is 4.28. The van der Waals surface area contributed by atoms with Crippen LogP contribution in [0, 0.1) is 15.9 Å². The third-order valence-corrected chi connectivity index (χ3v) is 3.66. The number of para-hydroxylation sites is 1. The van der Waals surface area contributed by atoms with Gasteiger partial charge in [-0.3, -0.25) is 10.1 Å². The summed E-state index contributed by atoms with van der Waals surface area (Å²) < 4.78 is 19.1. The van der Waals surface area contributed by atoms with Crippen LogP contribution in [0.25, 0.3) is 0 Å². The molecule has 2 rings (SSSR count). The van der Waals surface area contributed by atoms with E-state index in [2.05, 4.69) is 5.32 Å². The van der Waals surface area contributed by atoms with Crippen LogP contribution >= 0.6 is 0 Å². The molecule has 1 aliphatic carbocycles. The van der Waals surface area contributed by atoms with Crippen molar-refractivity contribution in [1.29, 1.82) is 0 Å². The number of ether oxygens (including phenoxy) is 1. The summed E-state index contributed by atoms with van der Waals surface area (Å²) in [4.78, 5) is 10.1. The highest BCUT2D eigenvalue weighted by molar-refractivity contribution is 5.61. The maximum atomic E-state index is 13.4. The molecular formula is C14H20FN3O3. The van der Waals surface area contributed by atoms with Gasteiger partial charge in [-0.1, -0.05) is 6.07 Å². The standard InChI is InChI=1S/C14H20FN3O3/c15-12-2-1-3-13(14(12)18(19)20)17-8-9-21-11-6-4-10(16)5-7-11/h1-3,10-11,17H,4-9,16H2. The normalized spacial score (nSPS) is 22.0. The summed E-state index contributed by atoms with van der Waals surface area (Å²) in [5.41, 5.74) is 5.47. The van der Waals surface area contributed by atoms with Gasteiger partial charge < -0.3 is 15.8 Å². The van der Waals surface area contributed by atoms with E-state index in [4.69, 9.17) is 10.5 Å². The summed E-state index contributed by atoms with van der Waals surface area (Å²) >= 11 is 0. The largest absolute Gasteiger partial charge is 0.377 e. The molecule has 0 aliphatic heterocycles. The molecule has 0 atom stereocenters. The lowest BCUT2D eigenvalue weighted by Gasteiger charge is -2.26. The lowest BCUT2D eigenvalue weighted by Crippen LogP contribution is -2.31. The quantitative estimate of drug-likeness (QED) is 0.478. The van der Waals surface area contributed by atoms with Crippen molar-refractivity contribution < 1.29 is 14.1 Å². The van der Waals surface area contributed by atoms with Crippen molar-refractivity contribution >= 4 is 11.4 Å². The fraction of sp³-hybridized carbons (Fsp3) is 0.571. The van der Waals surface area contributed by atoms with Gasteiger partial charge in [0.05, 0.1) is 17.6 Å². The summed E-state index contributed by atoms with van der Waals surface area (Å²) in [7, 11) is 0. The van der Waals surface area contributed by atoms with Gasteiger partial charge in [-0.15, -0.1) is 0 Å². The molecule has 1 saturated carbocycles. The van der Waals surface area contributed by atoms with Gasteiger partial charge >= 0.3 is 5.69 Å². The van der Waals surface area contributed by atoms with E-state index < -0.39 is 16.4 Å². The van der Waals surface area contributed by atoms with Crippen LogP contribution in [0.4, 0.5) is 15.8 Å². The molecule has 21 heavy (non-hydrogen) atoms. The highest BCUT2D eigenvalue weighted by Crippen LogP contribution is 2.27. The molecule has 1 aliphatic rings. The van der Waals surface area contributed by atoms with Crippen molar-refractivity contribution in [1.82, 2.24) is 0 Å². The second-order valence-corrected chi connectivity index (χ2v) is 5.23. The Hall–Kier alpha value is -1.73. The van der Waals surface area contributed by atoms with E-state index in [1.807, 2.05) is 0 Å². The van der Waals surface area contributed by atoms with E-state index in [1.54, 1.807) is 0 Å². The van der Waals surface area contributed by atoms with E-state index in [9.17, 15) is 14.5 Å². The van der Waals surface area contributed by atoms with Gasteiger partial charge in [-0.25, -0.2) is 0 Å². The van der Waals surface area contributed by atoms with Gasteiger partial charge in [-0.2, -0.15) is 4.39 Å². The fourth-order valence-electron chi connectivity index (χ4n) is 2.51. The van der Waals surface area contributed by atoms with Crippen molar-refractivity contribution in [3.63, 3.8) is 0 Å². The number of nitrogens with zero attached hydrogens (tertiary/aromatic N) is 1. The minimum atomic E-state index is -0.841. The highest BCUT2D eigenvalue weighted by atomic mass is 19.1. The van der Waals surface area contributed by atoms with Gasteiger partial charge in [0.2, 0.25) is 5.82 Å². The average molecular weight is 297 g/mol. The van der Waals surface area contributed by atoms with Crippen LogP contribution in [0.2, 0.25) is 0 Å². The molecule has 0 unspecified atom stereocenters. The number of nitrogens with one attached hydrogen (secondary N) is 1. The average Bonchev–Trinajstić information content (AvgIpc) is 2.45. The van der Waals surface area contributed by atoms with Crippen LogP contribution in [-0.4, -0.2) is 30.2 Å². The minimum Gasteiger partial charge on any atom is -0.377 e. The summed E-state index contributed by atoms with van der Waals surface area (Å²) in [5.74, 6) is -0.841. The van der Waals surface area contributed by atoms with E-state index in [0.29, 0.717) is 13.2 Å². The SMILES string of the molecule is NC1CCC(OCCNc2cccc(F)c2[N+](=O)[O-])CC1. The second kappa shape index (κ2) is 7.33. The Balaban J connectivity index is 1.79. The topological polar surface area (TPSA) is 90.4 Å². The highest BCUT2D eigenvalue weighted by Gasteiger charge is 2.20. The van der Waals surface area contributed by atoms with Gasteiger partial charge in [0.1, 0.15) is 5.69 Å². The number of hydrogen-bond acceptors (Lipinski definition) is 5. The predicted octanol–water partition coefficient (Wildman–Crippen LogP) is 2.43. The Bertz CT molecular complexity index is 490. The van der Waals surface area contributed by atoms with Gasteiger partial charge in [-0.05, 0) is 37.8 Å². The smallest absolute Gasteiger partial charge is 0.327 e. The molecule has 0 saturated heterocycles. The minimum absolute atomic E-state index is 0.175. The van der Waals surface area contributed by atoms with Crippen molar-refractivity contribution in [2.24, 2.45) is 5.73 Å². The maximum Gasteiger partial charge on any atom is 0.327 e. The van der Waals surface area contributed by atoms with Crippen molar-refractivity contribution in [2.45, 2.75) is 37.8 Å². The molecule has 3 N–H and O–H groups in total. The van der Waals surface area contributed by atoms with Gasteiger partial charge in [0.25, 0.3) is 0 Å². The number of anilines is 1. The molecule has 0 bridgehead atoms. The van der Waals surface area contributed by atoms with Crippen LogP contribution < -0.4 is 11.1 Å². The molecule has 1 aromatic rings. The summed E-state index contributed by atoms with van der Waals surface area (Å²) in [6.07, 6.45) is 4.03. The van der Waals surface area contributed by atoms with Crippen LogP contribution in [0.5, 0.6) is 0 Å². The molecule has 7 heteroatoms. The van der Waals surface area contributed by atoms with E-state index in [1.165, 1.54) is 12.1 Å². The van der Waals surface area contributed by atoms with Crippen molar-refractivity contribution in [3.8, 4) is 0 Å². The van der Waals surface area contributed by atoms with Crippen molar-refractivity contribution in [2.75, 3.05) is 18.5 Å². The van der Waals surface area contributed by atoms with Crippen molar-refractivity contribution in [3.05, 3.63) is 34.1 Å². The second-order valence-electron chi connectivity index (χ2n) is 5.23. The lowest BCUT2D eigenvalue weighted by atomic mass is 9.94. The molecule has 6 nitrogen and oxygen atoms in total. The summed E-state index contributed by atoms with van der Waals surface area (Å²) in [6.45, 7) is 0.820. The van der Waals surface area contributed by atoms with E-state index in [-0.39, 0.29) is 17.8 Å². The Morgan fingerprint density at radius 1 is 1.38 bits per heavy atom. The fourth-order valence-corrected chi connectivity index (χ4v) is 2.51. The first-order chi connectivity index (χ1) is 10.1. The Morgan fingerprint density at radius 2 is 2.10 bits per heavy atom. The molecular weight excluding hydrogens is 277 g/mol. The number of nitrogens with two attached hydrogens (primary N) is 1. The Labute approximate surface area is 122 Å². The van der Waals surface area contributed by atoms with Crippen LogP contribution in [0.15, 0.2) is 18.2 Å². The Morgan fingerprint density at radius 3 is 2.76 bits per heavy atom. The zero-order valence-electron chi connectivity index (χ0n) is 11.8. The molecule has 0 spiro atoms. The number of benzene rings is 1. The summed E-state index contributed by atoms with van der Waals surface area (Å²) in [5, 5.41) is 13.7. The van der Waals surface area contributed by atoms with Crippen LogP contribution in [0.3, 0.4) is 0 Å². The van der Waals surface area contributed by atoms with Gasteiger partial charge in [0.15, 0.2) is 0 Å². The zero-order valence-corrected chi connectivity index (χ0v) is 11.8. The van der Waals surface area contributed by atoms with E-state index in [0.717, 1.165) is 31.7 Å². The van der Waals surface area contributed by atoms with Crippen LogP contribution in [-0.2, 0) is 4.74 Å². The number of rotatable bonds is 6. The first kappa shape index (κ1) is 15.7. The number of nitro groups is 1. The molecule has 0 heterocycles. The third kappa shape index (κ3) is 4.37. The Kier molecular flexibility index (Phi) is 5.46. The zero-order chi connectivity index (χ0) is 15.2. The van der Waals surface area contributed by atoms with Crippen LogP contribution in [0.1, 0.15) is 25.7 Å². The molecule has 0 aromatic heterocycles. The molecule has 1 fully saturated rings. The van der Waals surface area contributed by atoms with E-state index >= 15 is 0 Å². The molecule has 0 amide bonds. The first-order valence-electron chi connectivity index (χ1n) is 7.12. The maximum absolute atomic E-state index is 13.4. The predicted molar refractivity (Wildman–Crippen MR) is 77.7 cm³/mol. The molecule has 1 aromatic carbocycles. The molecule has 116 valence electrons. The number of hydrogen-bond donors (Lipinski definition) is 2. The number of nitro benzene ring substituents is 1. The number of halogens is 1. The molecule has 0 radical (unpaired) electrons.